The molecule has 0 radical (unpaired) electrons. The molecule has 9 heteroatoms. The van der Waals surface area contributed by atoms with E-state index in [-0.39, 0.29) is 11.8 Å². The average Bonchev–Trinajstić information content (AvgIpc) is 3.55. The van der Waals surface area contributed by atoms with Crippen molar-refractivity contribution in [3.05, 3.63) is 29.8 Å². The Morgan fingerprint density at radius 1 is 1.13 bits per heavy atom. The zero-order chi connectivity index (χ0) is 22.5. The fourth-order valence-corrected chi connectivity index (χ4v) is 3.77. The highest BCUT2D eigenvalue weighted by atomic mass is 16.6. The monoisotopic (exact) mass is 432 g/mol. The highest BCUT2D eigenvalue weighted by molar-refractivity contribution is 5.94. The molecule has 0 aliphatic carbocycles. The lowest BCUT2D eigenvalue weighted by Crippen LogP contribution is -2.55. The standard InChI is InChI=1S/C22H31N3O6/c1-14(2)12-17(23-20(26)18-19(31-18)22(28)29)21(27)25-10-8-24(9-11-25)13-15-4-6-16(30-3)7-5-15/h4-7,14,17-19H,8-13H2,1-3H3,(H,23,26)(H,28,29)/p-1/t17-,18?,19?/m0/s1. The van der Waals surface area contributed by atoms with E-state index < -0.39 is 30.1 Å². The number of hydrogen-bond acceptors (Lipinski definition) is 7. The average molecular weight is 432 g/mol. The maximum Gasteiger partial charge on any atom is 0.252 e. The first-order valence-corrected chi connectivity index (χ1v) is 10.6. The maximum absolute atomic E-state index is 13.1. The predicted octanol–water partition coefficient (Wildman–Crippen LogP) is -0.612. The quantitative estimate of drug-likeness (QED) is 0.518. The van der Waals surface area contributed by atoms with E-state index in [1.807, 2.05) is 38.1 Å². The summed E-state index contributed by atoms with van der Waals surface area (Å²) in [5.41, 5.74) is 1.18. The number of carboxylic acid groups (broad SMARTS) is 1. The van der Waals surface area contributed by atoms with Gasteiger partial charge in [0.25, 0.3) is 5.91 Å². The minimum absolute atomic E-state index is 0.142. The number of ether oxygens (including phenoxy) is 2. The number of carboxylic acids is 1. The lowest BCUT2D eigenvalue weighted by molar-refractivity contribution is -0.307. The van der Waals surface area contributed by atoms with Gasteiger partial charge in [-0.05, 0) is 30.0 Å². The molecule has 2 aliphatic rings. The molecule has 3 rings (SSSR count). The molecular weight excluding hydrogens is 402 g/mol. The number of epoxide rings is 1. The molecular formula is C22H30N3O6-. The summed E-state index contributed by atoms with van der Waals surface area (Å²) >= 11 is 0. The minimum Gasteiger partial charge on any atom is -0.547 e. The van der Waals surface area contributed by atoms with E-state index in [4.69, 9.17) is 9.47 Å². The van der Waals surface area contributed by atoms with Crippen molar-refractivity contribution in [1.29, 1.82) is 0 Å². The van der Waals surface area contributed by atoms with E-state index in [1.165, 1.54) is 5.56 Å². The van der Waals surface area contributed by atoms with Gasteiger partial charge in [-0.2, -0.15) is 0 Å². The Bertz CT molecular complexity index is 789. The van der Waals surface area contributed by atoms with Gasteiger partial charge in [0, 0.05) is 32.7 Å². The SMILES string of the molecule is COc1ccc(CN2CCN(C(=O)[C@H](CC(C)C)NC(=O)C3OC3C(=O)[O-])CC2)cc1. The van der Waals surface area contributed by atoms with Crippen LogP contribution in [0.25, 0.3) is 0 Å². The second-order valence-corrected chi connectivity index (χ2v) is 8.44. The van der Waals surface area contributed by atoms with E-state index in [0.717, 1.165) is 25.4 Å². The highest BCUT2D eigenvalue weighted by Crippen LogP contribution is 2.22. The van der Waals surface area contributed by atoms with Crippen LogP contribution in [-0.4, -0.2) is 79.1 Å². The summed E-state index contributed by atoms with van der Waals surface area (Å²) in [4.78, 5) is 40.2. The predicted molar refractivity (Wildman–Crippen MR) is 110 cm³/mol. The second kappa shape index (κ2) is 10.1. The number of piperazine rings is 1. The molecule has 0 spiro atoms. The van der Waals surface area contributed by atoms with Crippen molar-refractivity contribution in [3.8, 4) is 5.75 Å². The molecule has 2 aliphatic heterocycles. The summed E-state index contributed by atoms with van der Waals surface area (Å²) in [6.45, 7) is 7.34. The van der Waals surface area contributed by atoms with E-state index in [1.54, 1.807) is 12.0 Å². The number of benzene rings is 1. The Hall–Kier alpha value is -2.65. The van der Waals surface area contributed by atoms with Gasteiger partial charge in [0.1, 0.15) is 17.9 Å². The van der Waals surface area contributed by atoms with Crippen molar-refractivity contribution in [2.45, 2.75) is 45.1 Å². The third kappa shape index (κ3) is 6.18. The van der Waals surface area contributed by atoms with Crippen molar-refractivity contribution in [1.82, 2.24) is 15.1 Å². The molecule has 3 atom stereocenters. The molecule has 31 heavy (non-hydrogen) atoms. The van der Waals surface area contributed by atoms with Gasteiger partial charge in [-0.25, -0.2) is 0 Å². The fourth-order valence-electron chi connectivity index (χ4n) is 3.77. The van der Waals surface area contributed by atoms with Crippen molar-refractivity contribution in [2.24, 2.45) is 5.92 Å². The summed E-state index contributed by atoms with van der Waals surface area (Å²) in [7, 11) is 1.64. The van der Waals surface area contributed by atoms with Crippen LogP contribution in [0, 0.1) is 5.92 Å². The van der Waals surface area contributed by atoms with Crippen LogP contribution < -0.4 is 15.2 Å². The molecule has 1 aromatic rings. The molecule has 2 saturated heterocycles. The number of aliphatic carboxylic acids is 1. The molecule has 170 valence electrons. The minimum atomic E-state index is -1.42. The number of methoxy groups -OCH3 is 1. The molecule has 2 unspecified atom stereocenters. The lowest BCUT2D eigenvalue weighted by Gasteiger charge is -2.36. The Balaban J connectivity index is 1.52. The summed E-state index contributed by atoms with van der Waals surface area (Å²) in [6, 6.07) is 7.23. The Morgan fingerprint density at radius 3 is 2.29 bits per heavy atom. The number of carbonyl (C=O) groups is 3. The first-order chi connectivity index (χ1) is 14.8. The fraction of sp³-hybridized carbons (Fsp3) is 0.591. The number of nitrogens with zero attached hydrogens (tertiary/aromatic N) is 2. The molecule has 0 aromatic heterocycles. The van der Waals surface area contributed by atoms with Gasteiger partial charge in [-0.1, -0.05) is 26.0 Å². The number of nitrogens with one attached hydrogen (secondary N) is 1. The van der Waals surface area contributed by atoms with Crippen molar-refractivity contribution < 1.29 is 29.0 Å². The third-order valence-corrected chi connectivity index (χ3v) is 5.55. The second-order valence-electron chi connectivity index (χ2n) is 8.44. The van der Waals surface area contributed by atoms with Gasteiger partial charge in [0.2, 0.25) is 5.91 Å². The first kappa shape index (κ1) is 23.0. The molecule has 0 saturated carbocycles. The normalized spacial score (nSPS) is 22.1. The van der Waals surface area contributed by atoms with Crippen LogP contribution in [0.15, 0.2) is 24.3 Å². The third-order valence-electron chi connectivity index (χ3n) is 5.55. The number of amides is 2. The first-order valence-electron chi connectivity index (χ1n) is 10.6. The summed E-state index contributed by atoms with van der Waals surface area (Å²) in [6.07, 6.45) is -1.83. The number of carbonyl (C=O) groups excluding carboxylic acids is 3. The summed E-state index contributed by atoms with van der Waals surface area (Å²) in [5, 5.41) is 13.5. The molecule has 2 heterocycles. The van der Waals surface area contributed by atoms with Gasteiger partial charge in [-0.15, -0.1) is 0 Å². The van der Waals surface area contributed by atoms with Crippen LogP contribution in [0.3, 0.4) is 0 Å². The van der Waals surface area contributed by atoms with Crippen molar-refractivity contribution in [3.63, 3.8) is 0 Å². The zero-order valence-electron chi connectivity index (χ0n) is 18.2. The summed E-state index contributed by atoms with van der Waals surface area (Å²) < 4.78 is 10.0. The topological polar surface area (TPSA) is 115 Å². The van der Waals surface area contributed by atoms with Crippen molar-refractivity contribution in [2.75, 3.05) is 33.3 Å². The van der Waals surface area contributed by atoms with Crippen LogP contribution in [-0.2, 0) is 25.7 Å². The van der Waals surface area contributed by atoms with Gasteiger partial charge < -0.3 is 29.6 Å². The van der Waals surface area contributed by atoms with Gasteiger partial charge in [-0.3, -0.25) is 14.5 Å². The van der Waals surface area contributed by atoms with Gasteiger partial charge in [0.15, 0.2) is 6.10 Å². The highest BCUT2D eigenvalue weighted by Gasteiger charge is 2.47. The maximum atomic E-state index is 13.1. The number of rotatable bonds is 9. The van der Waals surface area contributed by atoms with Crippen LogP contribution in [0.4, 0.5) is 0 Å². The van der Waals surface area contributed by atoms with Crippen molar-refractivity contribution >= 4 is 17.8 Å². The van der Waals surface area contributed by atoms with Crippen LogP contribution in [0.1, 0.15) is 25.8 Å². The van der Waals surface area contributed by atoms with E-state index >= 15 is 0 Å². The van der Waals surface area contributed by atoms with Gasteiger partial charge >= 0.3 is 0 Å². The van der Waals surface area contributed by atoms with Gasteiger partial charge in [0.05, 0.1) is 13.1 Å². The molecule has 2 fully saturated rings. The molecule has 1 aromatic carbocycles. The molecule has 1 N–H and O–H groups in total. The van der Waals surface area contributed by atoms with E-state index in [0.29, 0.717) is 19.5 Å². The Kier molecular flexibility index (Phi) is 7.50. The van der Waals surface area contributed by atoms with Crippen LogP contribution in [0.5, 0.6) is 5.75 Å². The Morgan fingerprint density at radius 2 is 1.77 bits per heavy atom. The zero-order valence-corrected chi connectivity index (χ0v) is 18.2. The molecule has 9 nitrogen and oxygen atoms in total. The van der Waals surface area contributed by atoms with E-state index in [2.05, 4.69) is 10.2 Å². The van der Waals surface area contributed by atoms with E-state index in [9.17, 15) is 19.5 Å². The Labute approximate surface area is 182 Å². The molecule has 0 bridgehead atoms. The van der Waals surface area contributed by atoms with Crippen LogP contribution >= 0.6 is 0 Å². The van der Waals surface area contributed by atoms with Crippen LogP contribution in [0.2, 0.25) is 0 Å². The largest absolute Gasteiger partial charge is 0.547 e. The molecule has 2 amide bonds. The smallest absolute Gasteiger partial charge is 0.252 e. The summed E-state index contributed by atoms with van der Waals surface area (Å²) in [5.74, 6) is -1.13. The lowest BCUT2D eigenvalue weighted by atomic mass is 10.0. The number of hydrogen-bond donors (Lipinski definition) is 1.